The van der Waals surface area contributed by atoms with Gasteiger partial charge in [-0.15, -0.1) is 0 Å². The fraction of sp³-hybridized carbons (Fsp3) is 1.00. The van der Waals surface area contributed by atoms with Crippen LogP contribution >= 0.6 is 0 Å². The van der Waals surface area contributed by atoms with Gasteiger partial charge in [-0.05, 0) is 73.5 Å². The predicted octanol–water partition coefficient (Wildman–Crippen LogP) is 4.42. The van der Waals surface area contributed by atoms with Crippen molar-refractivity contribution in [1.82, 2.24) is 0 Å². The van der Waals surface area contributed by atoms with Crippen LogP contribution in [0, 0.1) is 35.0 Å². The summed E-state index contributed by atoms with van der Waals surface area (Å²) in [5, 5.41) is 0. The van der Waals surface area contributed by atoms with Crippen molar-refractivity contribution < 1.29 is 9.47 Å². The van der Waals surface area contributed by atoms with E-state index in [9.17, 15) is 0 Å². The molecule has 3 unspecified atom stereocenters. The third kappa shape index (κ3) is 1.99. The van der Waals surface area contributed by atoms with Crippen LogP contribution in [-0.2, 0) is 9.47 Å². The van der Waals surface area contributed by atoms with Crippen molar-refractivity contribution in [2.45, 2.75) is 76.9 Å². The minimum absolute atomic E-state index is 0.409. The van der Waals surface area contributed by atoms with E-state index in [0.717, 1.165) is 42.8 Å². The molecule has 8 atom stereocenters. The number of rotatable bonds is 0. The monoisotopic (exact) mass is 304 g/mol. The molecule has 4 aliphatic carbocycles. The molecule has 22 heavy (non-hydrogen) atoms. The highest BCUT2D eigenvalue weighted by molar-refractivity contribution is 5.09. The molecule has 4 saturated carbocycles. The Kier molecular flexibility index (Phi) is 3.38. The van der Waals surface area contributed by atoms with Crippen LogP contribution in [0.25, 0.3) is 0 Å². The van der Waals surface area contributed by atoms with Crippen LogP contribution in [0.1, 0.15) is 64.7 Å². The Hall–Kier alpha value is -0.0800. The van der Waals surface area contributed by atoms with Crippen molar-refractivity contribution in [3.8, 4) is 0 Å². The summed E-state index contributed by atoms with van der Waals surface area (Å²) in [6, 6.07) is 0. The first-order valence-corrected chi connectivity index (χ1v) is 9.99. The molecule has 5 aliphatic rings. The summed E-state index contributed by atoms with van der Waals surface area (Å²) < 4.78 is 12.4. The predicted molar refractivity (Wildman–Crippen MR) is 86.6 cm³/mol. The maximum atomic E-state index is 6.30. The maximum absolute atomic E-state index is 6.30. The van der Waals surface area contributed by atoms with Crippen LogP contribution in [0.15, 0.2) is 0 Å². The van der Waals surface area contributed by atoms with Crippen molar-refractivity contribution in [1.29, 1.82) is 0 Å². The molecular weight excluding hydrogens is 272 g/mol. The first-order chi connectivity index (χ1) is 10.8. The third-order valence-electron chi connectivity index (χ3n) is 8.37. The average molecular weight is 304 g/mol. The molecule has 5 rings (SSSR count). The van der Waals surface area contributed by atoms with Gasteiger partial charge in [0.15, 0.2) is 0 Å². The molecule has 1 saturated heterocycles. The van der Waals surface area contributed by atoms with Crippen LogP contribution in [-0.4, -0.2) is 25.4 Å². The first-order valence-electron chi connectivity index (χ1n) is 9.99. The highest BCUT2D eigenvalue weighted by Crippen LogP contribution is 2.63. The molecule has 1 heterocycles. The number of fused-ring (bicyclic) bond motifs is 7. The summed E-state index contributed by atoms with van der Waals surface area (Å²) in [4.78, 5) is 0. The zero-order valence-electron chi connectivity index (χ0n) is 14.1. The lowest BCUT2D eigenvalue weighted by atomic mass is 9.50. The summed E-state index contributed by atoms with van der Waals surface area (Å²) in [5.74, 6) is 4.87. The van der Waals surface area contributed by atoms with E-state index in [1.54, 1.807) is 0 Å². The van der Waals surface area contributed by atoms with E-state index in [4.69, 9.17) is 9.47 Å². The van der Waals surface area contributed by atoms with Crippen LogP contribution in [0.3, 0.4) is 0 Å². The van der Waals surface area contributed by atoms with Gasteiger partial charge in [-0.1, -0.05) is 26.2 Å². The highest BCUT2D eigenvalue weighted by Gasteiger charge is 2.60. The zero-order valence-corrected chi connectivity index (χ0v) is 14.1. The molecule has 5 fully saturated rings. The van der Waals surface area contributed by atoms with E-state index in [-0.39, 0.29) is 0 Å². The fourth-order valence-corrected chi connectivity index (χ4v) is 7.58. The van der Waals surface area contributed by atoms with E-state index in [1.165, 1.54) is 57.8 Å². The van der Waals surface area contributed by atoms with Crippen molar-refractivity contribution in [3.05, 3.63) is 0 Å². The lowest BCUT2D eigenvalue weighted by Crippen LogP contribution is -2.50. The Labute approximate surface area is 135 Å². The quantitative estimate of drug-likeness (QED) is 0.659. The van der Waals surface area contributed by atoms with E-state index in [1.807, 2.05) is 0 Å². The van der Waals surface area contributed by atoms with E-state index in [2.05, 4.69) is 6.92 Å². The van der Waals surface area contributed by atoms with E-state index in [0.29, 0.717) is 17.6 Å². The van der Waals surface area contributed by atoms with Crippen LogP contribution in [0.5, 0.6) is 0 Å². The summed E-state index contributed by atoms with van der Waals surface area (Å²) >= 11 is 0. The molecule has 124 valence electrons. The summed E-state index contributed by atoms with van der Waals surface area (Å²) in [7, 11) is 0. The molecule has 1 aliphatic heterocycles. The molecule has 2 nitrogen and oxygen atoms in total. The second-order valence-corrected chi connectivity index (χ2v) is 9.28. The molecule has 0 spiro atoms. The molecule has 2 heteroatoms. The van der Waals surface area contributed by atoms with Gasteiger partial charge in [0.1, 0.15) is 0 Å². The van der Waals surface area contributed by atoms with Gasteiger partial charge in [0.05, 0.1) is 25.4 Å². The van der Waals surface area contributed by atoms with Crippen LogP contribution in [0.4, 0.5) is 0 Å². The van der Waals surface area contributed by atoms with Gasteiger partial charge in [0.2, 0.25) is 0 Å². The smallest absolute Gasteiger partial charge is 0.0874 e. The van der Waals surface area contributed by atoms with Gasteiger partial charge in [-0.2, -0.15) is 0 Å². The minimum atomic E-state index is 0.409. The van der Waals surface area contributed by atoms with Gasteiger partial charge < -0.3 is 9.47 Å². The van der Waals surface area contributed by atoms with Gasteiger partial charge in [0, 0.05) is 0 Å². The number of hydrogen-bond donors (Lipinski definition) is 0. The highest BCUT2D eigenvalue weighted by atomic mass is 16.6. The van der Waals surface area contributed by atoms with Gasteiger partial charge >= 0.3 is 0 Å². The first kappa shape index (κ1) is 14.3. The third-order valence-corrected chi connectivity index (χ3v) is 8.37. The molecule has 0 aromatic carbocycles. The minimum Gasteiger partial charge on any atom is -0.373 e. The Morgan fingerprint density at radius 1 is 0.818 bits per heavy atom. The van der Waals surface area contributed by atoms with Crippen molar-refractivity contribution in [2.24, 2.45) is 35.0 Å². The lowest BCUT2D eigenvalue weighted by molar-refractivity contribution is -0.159. The number of hydrogen-bond acceptors (Lipinski definition) is 2. The fourth-order valence-electron chi connectivity index (χ4n) is 7.58. The second kappa shape index (κ2) is 5.21. The Balaban J connectivity index is 1.45. The van der Waals surface area contributed by atoms with Crippen molar-refractivity contribution >= 4 is 0 Å². The van der Waals surface area contributed by atoms with Crippen LogP contribution in [0.2, 0.25) is 0 Å². The second-order valence-electron chi connectivity index (χ2n) is 9.28. The molecule has 0 amide bonds. The maximum Gasteiger partial charge on any atom is 0.0874 e. The van der Waals surface area contributed by atoms with E-state index < -0.39 is 0 Å². The van der Waals surface area contributed by atoms with E-state index >= 15 is 0 Å². The zero-order chi connectivity index (χ0) is 14.7. The van der Waals surface area contributed by atoms with Crippen molar-refractivity contribution in [3.63, 3.8) is 0 Å². The van der Waals surface area contributed by atoms with Gasteiger partial charge in [-0.25, -0.2) is 0 Å². The summed E-state index contributed by atoms with van der Waals surface area (Å²) in [5.41, 5.74) is 0.502. The Morgan fingerprint density at radius 2 is 1.68 bits per heavy atom. The topological polar surface area (TPSA) is 18.5 Å². The molecular formula is C20H32O2. The Bertz CT molecular complexity index is 435. The largest absolute Gasteiger partial charge is 0.373 e. The Morgan fingerprint density at radius 3 is 2.64 bits per heavy atom. The standard InChI is InChI=1S/C20H32O2/c1-20-9-8-15-14-5-3-2-4-13(14)6-7-16(15)18(20)19-17(12-20)21-10-11-22-19/h13-19H,2-12H2,1H3/t13?,14-,15+,16+,17?,18+,19?,20+/m0/s1. The number of ether oxygens (including phenoxy) is 2. The van der Waals surface area contributed by atoms with Crippen molar-refractivity contribution in [2.75, 3.05) is 13.2 Å². The van der Waals surface area contributed by atoms with Crippen LogP contribution < -0.4 is 0 Å². The molecule has 0 radical (unpaired) electrons. The molecule has 0 aromatic heterocycles. The normalized spacial score (nSPS) is 57.4. The molecule has 0 bridgehead atoms. The SMILES string of the molecule is C[C@]12CC[C@H]3[C@@H](CCC4CCCC[C@@H]43)[C@@H]1C1OCCOC1C2. The van der Waals surface area contributed by atoms with Gasteiger partial charge in [0.25, 0.3) is 0 Å². The average Bonchev–Trinajstić information content (AvgIpc) is 2.86. The summed E-state index contributed by atoms with van der Waals surface area (Å²) in [6.07, 6.45) is 14.1. The lowest BCUT2D eigenvalue weighted by Gasteiger charge is -2.55. The van der Waals surface area contributed by atoms with Gasteiger partial charge in [-0.3, -0.25) is 0 Å². The molecule has 0 N–H and O–H groups in total. The summed E-state index contributed by atoms with van der Waals surface area (Å²) in [6.45, 7) is 4.21. The molecule has 0 aromatic rings.